The minimum absolute atomic E-state index is 0.00930. The van der Waals surface area contributed by atoms with Crippen molar-refractivity contribution in [2.45, 2.75) is 56.6 Å². The summed E-state index contributed by atoms with van der Waals surface area (Å²) in [5, 5.41) is 20.5. The Morgan fingerprint density at radius 3 is 2.32 bits per heavy atom. The molecule has 4 aliphatic rings. The molecule has 6 atom stereocenters. The largest absolute Gasteiger partial charge is 0.488 e. The summed E-state index contributed by atoms with van der Waals surface area (Å²) in [5.74, 6) is -4.36. The van der Waals surface area contributed by atoms with Gasteiger partial charge in [-0.3, -0.25) is 19.3 Å². The van der Waals surface area contributed by atoms with Crippen LogP contribution in [0.5, 0.6) is 11.6 Å². The fraction of sp³-hybridized carbons (Fsp3) is 0.385. The molecule has 0 radical (unpaired) electrons. The molecule has 2 heterocycles. The molecule has 10 nitrogen and oxygen atoms in total. The van der Waals surface area contributed by atoms with Crippen LogP contribution < -0.4 is 14.8 Å². The molecule has 0 spiro atoms. The molecule has 3 aromatic carbocycles. The Morgan fingerprint density at radius 1 is 1.00 bits per heavy atom. The fourth-order valence-corrected chi connectivity index (χ4v) is 8.93. The van der Waals surface area contributed by atoms with Gasteiger partial charge >= 0.3 is 0 Å². The van der Waals surface area contributed by atoms with Crippen molar-refractivity contribution in [3.63, 3.8) is 0 Å². The number of ketones is 3. The predicted molar refractivity (Wildman–Crippen MR) is 183 cm³/mol. The molecule has 2 N–H and O–H groups in total. The quantitative estimate of drug-likeness (QED) is 0.221. The monoisotopic (exact) mass is 695 g/mol. The summed E-state index contributed by atoms with van der Waals surface area (Å²) in [7, 11) is 3.59. The van der Waals surface area contributed by atoms with Gasteiger partial charge in [0.2, 0.25) is 5.78 Å². The Labute approximate surface area is 294 Å². The molecule has 1 aromatic heterocycles. The van der Waals surface area contributed by atoms with E-state index in [1.165, 1.54) is 0 Å². The molecule has 50 heavy (non-hydrogen) atoms. The zero-order valence-electron chi connectivity index (χ0n) is 27.9. The van der Waals surface area contributed by atoms with Crippen molar-refractivity contribution in [3.8, 4) is 11.6 Å². The predicted octanol–water partition coefficient (Wildman–Crippen LogP) is 5.70. The third-order valence-corrected chi connectivity index (χ3v) is 11.4. The number of aromatic nitrogens is 1. The second kappa shape index (κ2) is 12.8. The van der Waals surface area contributed by atoms with Crippen molar-refractivity contribution in [1.29, 1.82) is 0 Å². The van der Waals surface area contributed by atoms with E-state index < -0.39 is 46.7 Å². The van der Waals surface area contributed by atoms with Crippen molar-refractivity contribution in [2.24, 2.45) is 17.8 Å². The van der Waals surface area contributed by atoms with Crippen LogP contribution in [-0.4, -0.2) is 58.8 Å². The van der Waals surface area contributed by atoms with E-state index in [2.05, 4.69) is 10.5 Å². The van der Waals surface area contributed by atoms with Crippen LogP contribution in [0.15, 0.2) is 71.3 Å². The molecule has 0 amide bonds. The second-order valence-corrected chi connectivity index (χ2v) is 14.5. The van der Waals surface area contributed by atoms with Crippen LogP contribution in [0.4, 0.5) is 0 Å². The maximum atomic E-state index is 14.7. The summed E-state index contributed by atoms with van der Waals surface area (Å²) in [6, 6.07) is 20.1. The Kier molecular flexibility index (Phi) is 8.38. The molecule has 1 aliphatic heterocycles. The highest BCUT2D eigenvalue weighted by atomic mass is 35.5. The molecular weight excluding hydrogens is 658 g/mol. The number of rotatable bonds is 8. The molecule has 2 fully saturated rings. The van der Waals surface area contributed by atoms with Gasteiger partial charge in [-0.25, -0.2) is 0 Å². The Hall–Kier alpha value is -4.35. The molecule has 3 aliphatic carbocycles. The minimum atomic E-state index is -2.50. The van der Waals surface area contributed by atoms with E-state index >= 15 is 0 Å². The highest BCUT2D eigenvalue weighted by Crippen LogP contribution is 2.56. The lowest BCUT2D eigenvalue weighted by Crippen LogP contribution is -2.66. The van der Waals surface area contributed by atoms with E-state index in [1.807, 2.05) is 71.6 Å². The summed E-state index contributed by atoms with van der Waals surface area (Å²) >= 11 is 7.16. The molecular formula is C39H38ClN3O7. The van der Waals surface area contributed by atoms with Crippen LogP contribution in [0.1, 0.15) is 80.1 Å². The van der Waals surface area contributed by atoms with Gasteiger partial charge in [0.05, 0.1) is 17.5 Å². The maximum Gasteiger partial charge on any atom is 0.265 e. The second-order valence-electron chi connectivity index (χ2n) is 14.1. The van der Waals surface area contributed by atoms with E-state index in [4.69, 9.17) is 25.6 Å². The number of halogens is 1. The van der Waals surface area contributed by atoms with E-state index in [0.717, 1.165) is 36.1 Å². The summed E-state index contributed by atoms with van der Waals surface area (Å²) in [6.45, 7) is 1.17. The van der Waals surface area contributed by atoms with Gasteiger partial charge in [0.25, 0.3) is 5.88 Å². The normalized spacial score (nSPS) is 27.1. The number of aliphatic hydroxyl groups is 1. The van der Waals surface area contributed by atoms with Crippen molar-refractivity contribution >= 4 is 29.0 Å². The van der Waals surface area contributed by atoms with Gasteiger partial charge in [-0.15, -0.1) is 0 Å². The zero-order chi connectivity index (χ0) is 34.7. The number of fused-ring (bicyclic) bond motifs is 4. The standard InChI is InChI=1S/C39H38ClN3O7/c1-43(2)33-26-17-23-16-25-30(28(48-19-21-10-5-3-6-11-21)18-24(32(25)40)27-14-9-15-41-27)34(44)29(23)36(45)39(26,47)37(46)31-35(33)50-42-38(31)49-20-22-12-7-4-8-13-22/h3-8,10-13,18,23,26-27,29,33,41,47H,9,14-17,19-20H2,1-2H3. The van der Waals surface area contributed by atoms with Crippen LogP contribution in [0.25, 0.3) is 0 Å². The van der Waals surface area contributed by atoms with Crippen LogP contribution in [0, 0.1) is 17.8 Å². The number of hydrogen-bond acceptors (Lipinski definition) is 10. The fourth-order valence-electron chi connectivity index (χ4n) is 8.57. The molecule has 1 saturated carbocycles. The van der Waals surface area contributed by atoms with E-state index in [-0.39, 0.29) is 48.4 Å². The molecule has 0 bridgehead atoms. The number of ether oxygens (including phenoxy) is 2. The number of nitrogens with one attached hydrogen (secondary N) is 1. The number of Topliss-reactive ketones (excluding diaryl/α,β-unsaturated/α-hetero) is 3. The Morgan fingerprint density at radius 2 is 1.68 bits per heavy atom. The van der Waals surface area contributed by atoms with Gasteiger partial charge in [0, 0.05) is 17.0 Å². The molecule has 4 aromatic rings. The van der Waals surface area contributed by atoms with E-state index in [1.54, 1.807) is 14.1 Å². The van der Waals surface area contributed by atoms with Crippen LogP contribution in [0.3, 0.4) is 0 Å². The minimum Gasteiger partial charge on any atom is -0.488 e. The molecule has 6 unspecified atom stereocenters. The number of hydrogen-bond donors (Lipinski definition) is 2. The molecule has 1 saturated heterocycles. The van der Waals surface area contributed by atoms with Gasteiger partial charge < -0.3 is 24.4 Å². The highest BCUT2D eigenvalue weighted by molar-refractivity contribution is 6.34. The lowest BCUT2D eigenvalue weighted by molar-refractivity contribution is -0.153. The van der Waals surface area contributed by atoms with Crippen molar-refractivity contribution in [1.82, 2.24) is 15.4 Å². The van der Waals surface area contributed by atoms with Crippen molar-refractivity contribution in [2.75, 3.05) is 20.6 Å². The summed E-state index contributed by atoms with van der Waals surface area (Å²) < 4.78 is 18.1. The van der Waals surface area contributed by atoms with E-state index in [9.17, 15) is 19.5 Å². The third kappa shape index (κ3) is 5.19. The topological polar surface area (TPSA) is 131 Å². The molecule has 8 rings (SSSR count). The van der Waals surface area contributed by atoms with Gasteiger partial charge in [0.15, 0.2) is 22.9 Å². The van der Waals surface area contributed by atoms with Crippen LogP contribution in [0.2, 0.25) is 5.02 Å². The number of carbonyl (C=O) groups is 3. The van der Waals surface area contributed by atoms with Gasteiger partial charge in [-0.1, -0.05) is 72.3 Å². The summed E-state index contributed by atoms with van der Waals surface area (Å²) in [5.41, 5.74) is 0.935. The lowest BCUT2D eigenvalue weighted by atomic mass is 9.54. The SMILES string of the molecule is CN(C)C1c2onc(OCc3ccccc3)c2C(=O)C2(O)C(=O)C3C(=O)c4c(OCc5ccccc5)cc(C5CCCN5)c(Cl)c4CC3CC12. The van der Waals surface area contributed by atoms with Crippen LogP contribution >= 0.6 is 11.6 Å². The van der Waals surface area contributed by atoms with E-state index in [0.29, 0.717) is 22.8 Å². The number of nitrogens with zero attached hydrogens (tertiary/aromatic N) is 2. The maximum absolute atomic E-state index is 14.7. The summed E-state index contributed by atoms with van der Waals surface area (Å²) in [4.78, 5) is 45.6. The first-order chi connectivity index (χ1) is 24.2. The molecule has 11 heteroatoms. The smallest absolute Gasteiger partial charge is 0.265 e. The van der Waals surface area contributed by atoms with Crippen LogP contribution in [-0.2, 0) is 24.4 Å². The molecule has 258 valence electrons. The average Bonchev–Trinajstić information content (AvgIpc) is 3.81. The van der Waals surface area contributed by atoms with Gasteiger partial charge in [-0.05, 0) is 85.7 Å². The average molecular weight is 696 g/mol. The first kappa shape index (κ1) is 32.8. The highest BCUT2D eigenvalue weighted by Gasteiger charge is 2.67. The Balaban J connectivity index is 1.19. The van der Waals surface area contributed by atoms with Crippen molar-refractivity contribution in [3.05, 3.63) is 111 Å². The summed E-state index contributed by atoms with van der Waals surface area (Å²) in [6.07, 6.45) is 2.41. The number of carbonyl (C=O) groups excluding carboxylic acids is 3. The first-order valence-electron chi connectivity index (χ1n) is 17.1. The zero-order valence-corrected chi connectivity index (χ0v) is 28.6. The van der Waals surface area contributed by atoms with Gasteiger partial charge in [-0.2, -0.15) is 0 Å². The lowest BCUT2D eigenvalue weighted by Gasteiger charge is -2.51. The third-order valence-electron chi connectivity index (χ3n) is 10.9. The van der Waals surface area contributed by atoms with Gasteiger partial charge in [0.1, 0.15) is 24.5 Å². The number of benzene rings is 3. The Bertz CT molecular complexity index is 1970. The van der Waals surface area contributed by atoms with Crippen molar-refractivity contribution < 1.29 is 33.5 Å². The first-order valence-corrected chi connectivity index (χ1v) is 17.5.